The van der Waals surface area contributed by atoms with E-state index in [1.807, 2.05) is 25.1 Å². The molecule has 0 aromatic heterocycles. The highest BCUT2D eigenvalue weighted by atomic mass is 79.9. The molecule has 98 valence electrons. The van der Waals surface area contributed by atoms with Gasteiger partial charge in [-0.3, -0.25) is 4.79 Å². The lowest BCUT2D eigenvalue weighted by Gasteiger charge is -2.30. The van der Waals surface area contributed by atoms with Gasteiger partial charge in [0.05, 0.1) is 0 Å². The average Bonchev–Trinajstić information content (AvgIpc) is 2.30. The van der Waals surface area contributed by atoms with Crippen molar-refractivity contribution in [2.45, 2.75) is 40.0 Å². The second kappa shape index (κ2) is 5.56. The monoisotopic (exact) mass is 308 g/mol. The number of Topliss-reactive ketones (excluding diaryl/α,β-unsaturated/α-hetero) is 1. The smallest absolute Gasteiger partial charge is 0.166 e. The molecule has 0 spiro atoms. The third kappa shape index (κ3) is 2.85. The molecule has 0 amide bonds. The van der Waals surface area contributed by atoms with Gasteiger partial charge in [0.1, 0.15) is 0 Å². The summed E-state index contributed by atoms with van der Waals surface area (Å²) in [6.45, 7) is 6.56. The summed E-state index contributed by atoms with van der Waals surface area (Å²) in [5.74, 6) is 1.91. The SMILES string of the molecule is Cc1c(Br)cccc1C(=O)C1CC(C)CC(C)C1. The quantitative estimate of drug-likeness (QED) is 0.702. The van der Waals surface area contributed by atoms with E-state index >= 15 is 0 Å². The zero-order valence-corrected chi connectivity index (χ0v) is 13.0. The van der Waals surface area contributed by atoms with E-state index in [2.05, 4.69) is 29.8 Å². The van der Waals surface area contributed by atoms with Crippen LogP contribution in [0.15, 0.2) is 22.7 Å². The lowest BCUT2D eigenvalue weighted by molar-refractivity contribution is 0.0835. The van der Waals surface area contributed by atoms with Gasteiger partial charge >= 0.3 is 0 Å². The summed E-state index contributed by atoms with van der Waals surface area (Å²) in [7, 11) is 0. The van der Waals surface area contributed by atoms with Crippen molar-refractivity contribution in [3.63, 3.8) is 0 Å². The van der Waals surface area contributed by atoms with Gasteiger partial charge in [0.15, 0.2) is 5.78 Å². The van der Waals surface area contributed by atoms with Gasteiger partial charge in [-0.1, -0.05) is 41.9 Å². The van der Waals surface area contributed by atoms with E-state index in [4.69, 9.17) is 0 Å². The van der Waals surface area contributed by atoms with Crippen molar-refractivity contribution in [1.82, 2.24) is 0 Å². The summed E-state index contributed by atoms with van der Waals surface area (Å²) in [5.41, 5.74) is 1.98. The molecule has 2 unspecified atom stereocenters. The minimum Gasteiger partial charge on any atom is -0.294 e. The van der Waals surface area contributed by atoms with E-state index in [-0.39, 0.29) is 5.92 Å². The van der Waals surface area contributed by atoms with Gasteiger partial charge in [0, 0.05) is 16.0 Å². The first kappa shape index (κ1) is 13.8. The molecule has 1 aromatic carbocycles. The molecular formula is C16H21BrO. The van der Waals surface area contributed by atoms with E-state index < -0.39 is 0 Å². The van der Waals surface area contributed by atoms with E-state index in [0.29, 0.717) is 17.6 Å². The van der Waals surface area contributed by atoms with Crippen molar-refractivity contribution in [3.05, 3.63) is 33.8 Å². The van der Waals surface area contributed by atoms with E-state index in [1.54, 1.807) is 0 Å². The topological polar surface area (TPSA) is 17.1 Å². The van der Waals surface area contributed by atoms with Crippen LogP contribution in [0.25, 0.3) is 0 Å². The minimum absolute atomic E-state index is 0.219. The maximum absolute atomic E-state index is 12.6. The molecule has 0 N–H and O–H groups in total. The average molecular weight is 309 g/mol. The van der Waals surface area contributed by atoms with Crippen LogP contribution in [-0.2, 0) is 0 Å². The van der Waals surface area contributed by atoms with Crippen LogP contribution in [0.1, 0.15) is 49.0 Å². The Kier molecular flexibility index (Phi) is 4.26. The van der Waals surface area contributed by atoms with Crippen molar-refractivity contribution in [3.8, 4) is 0 Å². The number of ketones is 1. The fraction of sp³-hybridized carbons (Fsp3) is 0.562. The number of hydrogen-bond donors (Lipinski definition) is 0. The molecule has 2 heteroatoms. The maximum Gasteiger partial charge on any atom is 0.166 e. The molecule has 1 aliphatic carbocycles. The second-order valence-corrected chi connectivity index (χ2v) is 6.75. The maximum atomic E-state index is 12.6. The molecule has 1 nitrogen and oxygen atoms in total. The molecular weight excluding hydrogens is 288 g/mol. The highest BCUT2D eigenvalue weighted by Crippen LogP contribution is 2.35. The van der Waals surface area contributed by atoms with Gasteiger partial charge in [0.2, 0.25) is 0 Å². The largest absolute Gasteiger partial charge is 0.294 e. The second-order valence-electron chi connectivity index (χ2n) is 5.89. The van der Waals surface area contributed by atoms with Crippen LogP contribution < -0.4 is 0 Å². The van der Waals surface area contributed by atoms with Crippen LogP contribution in [0.3, 0.4) is 0 Å². The Morgan fingerprint density at radius 1 is 1.17 bits per heavy atom. The molecule has 0 heterocycles. The molecule has 18 heavy (non-hydrogen) atoms. The Hall–Kier alpha value is -0.630. The fourth-order valence-electron chi connectivity index (χ4n) is 3.26. The summed E-state index contributed by atoms with van der Waals surface area (Å²) in [5, 5.41) is 0. The Balaban J connectivity index is 2.23. The predicted molar refractivity (Wildman–Crippen MR) is 78.9 cm³/mol. The number of benzene rings is 1. The fourth-order valence-corrected chi connectivity index (χ4v) is 3.62. The zero-order valence-electron chi connectivity index (χ0n) is 11.4. The molecule has 1 aromatic rings. The van der Waals surface area contributed by atoms with Gasteiger partial charge < -0.3 is 0 Å². The zero-order chi connectivity index (χ0) is 13.3. The van der Waals surface area contributed by atoms with Crippen LogP contribution in [0.5, 0.6) is 0 Å². The summed E-state index contributed by atoms with van der Waals surface area (Å²) in [6, 6.07) is 5.92. The van der Waals surface area contributed by atoms with Crippen molar-refractivity contribution >= 4 is 21.7 Å². The number of rotatable bonds is 2. The Morgan fingerprint density at radius 2 is 1.78 bits per heavy atom. The first-order chi connectivity index (χ1) is 8.49. The standard InChI is InChI=1S/C16H21BrO/c1-10-7-11(2)9-13(8-10)16(18)14-5-4-6-15(17)12(14)3/h4-6,10-11,13H,7-9H2,1-3H3. The van der Waals surface area contributed by atoms with E-state index in [0.717, 1.165) is 28.4 Å². The van der Waals surface area contributed by atoms with Gasteiger partial charge in [-0.2, -0.15) is 0 Å². The molecule has 1 aliphatic rings. The molecule has 0 radical (unpaired) electrons. The van der Waals surface area contributed by atoms with Crippen molar-refractivity contribution in [1.29, 1.82) is 0 Å². The number of carbonyl (C=O) groups excluding carboxylic acids is 1. The predicted octanol–water partition coefficient (Wildman–Crippen LogP) is 5.01. The van der Waals surface area contributed by atoms with E-state index in [1.165, 1.54) is 6.42 Å². The Bertz CT molecular complexity index is 442. The summed E-state index contributed by atoms with van der Waals surface area (Å²) in [6.07, 6.45) is 3.37. The summed E-state index contributed by atoms with van der Waals surface area (Å²) in [4.78, 5) is 12.6. The molecule has 2 rings (SSSR count). The van der Waals surface area contributed by atoms with Crippen LogP contribution in [-0.4, -0.2) is 5.78 Å². The number of halogens is 1. The molecule has 0 aliphatic heterocycles. The summed E-state index contributed by atoms with van der Waals surface area (Å²) < 4.78 is 1.03. The highest BCUT2D eigenvalue weighted by molar-refractivity contribution is 9.10. The first-order valence-corrected chi connectivity index (χ1v) is 7.57. The van der Waals surface area contributed by atoms with Crippen molar-refractivity contribution in [2.75, 3.05) is 0 Å². The lowest BCUT2D eigenvalue weighted by atomic mass is 9.73. The molecule has 0 bridgehead atoms. The molecule has 0 saturated heterocycles. The lowest BCUT2D eigenvalue weighted by Crippen LogP contribution is -2.26. The van der Waals surface area contributed by atoms with Crippen molar-refractivity contribution in [2.24, 2.45) is 17.8 Å². The van der Waals surface area contributed by atoms with Gasteiger partial charge in [-0.15, -0.1) is 0 Å². The number of hydrogen-bond acceptors (Lipinski definition) is 1. The van der Waals surface area contributed by atoms with Gasteiger partial charge in [-0.05, 0) is 49.7 Å². The Morgan fingerprint density at radius 3 is 2.39 bits per heavy atom. The van der Waals surface area contributed by atoms with Crippen LogP contribution in [0.2, 0.25) is 0 Å². The van der Waals surface area contributed by atoms with Crippen LogP contribution in [0.4, 0.5) is 0 Å². The normalized spacial score (nSPS) is 28.1. The Labute approximate surface area is 118 Å². The molecule has 1 saturated carbocycles. The van der Waals surface area contributed by atoms with Crippen molar-refractivity contribution < 1.29 is 4.79 Å². The third-order valence-corrected chi connectivity index (χ3v) is 4.94. The highest BCUT2D eigenvalue weighted by Gasteiger charge is 2.30. The van der Waals surface area contributed by atoms with E-state index in [9.17, 15) is 4.79 Å². The van der Waals surface area contributed by atoms with Gasteiger partial charge in [-0.25, -0.2) is 0 Å². The summed E-state index contributed by atoms with van der Waals surface area (Å²) >= 11 is 3.51. The third-order valence-electron chi connectivity index (χ3n) is 4.08. The van der Waals surface area contributed by atoms with Crippen LogP contribution >= 0.6 is 15.9 Å². The first-order valence-electron chi connectivity index (χ1n) is 6.78. The van der Waals surface area contributed by atoms with Crippen LogP contribution in [0, 0.1) is 24.7 Å². The number of carbonyl (C=O) groups is 1. The molecule has 1 fully saturated rings. The van der Waals surface area contributed by atoms with Gasteiger partial charge in [0.25, 0.3) is 0 Å². The minimum atomic E-state index is 0.219. The molecule has 2 atom stereocenters.